The number of anilines is 1. The maximum atomic E-state index is 5.68. The molecule has 23 heavy (non-hydrogen) atoms. The Morgan fingerprint density at radius 3 is 2.96 bits per heavy atom. The topological polar surface area (TPSA) is 43.2 Å². The lowest BCUT2D eigenvalue weighted by Crippen LogP contribution is -2.48. The Morgan fingerprint density at radius 1 is 1.35 bits per heavy atom. The van der Waals surface area contributed by atoms with Crippen LogP contribution in [-0.2, 0) is 6.54 Å². The number of hydrogen-bond acceptors (Lipinski definition) is 5. The molecule has 4 rings (SSSR count). The van der Waals surface area contributed by atoms with Gasteiger partial charge in [-0.1, -0.05) is 17.4 Å². The summed E-state index contributed by atoms with van der Waals surface area (Å²) < 4.78 is 9.11. The fourth-order valence-electron chi connectivity index (χ4n) is 3.04. The van der Waals surface area contributed by atoms with Crippen molar-refractivity contribution in [3.05, 3.63) is 36.4 Å². The fraction of sp³-hybridized carbons (Fsp3) is 0.412. The Labute approximate surface area is 139 Å². The summed E-state index contributed by atoms with van der Waals surface area (Å²) >= 11 is 1.75. The lowest BCUT2D eigenvalue weighted by atomic mass is 10.0. The number of hydrogen-bond donors (Lipinski definition) is 0. The van der Waals surface area contributed by atoms with Crippen molar-refractivity contribution in [1.82, 2.24) is 14.5 Å². The van der Waals surface area contributed by atoms with Crippen molar-refractivity contribution in [3.8, 4) is 5.75 Å². The van der Waals surface area contributed by atoms with E-state index >= 15 is 0 Å². The molecule has 2 aromatic heterocycles. The van der Waals surface area contributed by atoms with Crippen LogP contribution in [-0.4, -0.2) is 34.2 Å². The second-order valence-electron chi connectivity index (χ2n) is 5.93. The number of para-hydroxylation sites is 1. The van der Waals surface area contributed by atoms with Gasteiger partial charge in [0.25, 0.3) is 0 Å². The molecular weight excluding hydrogens is 308 g/mol. The van der Waals surface area contributed by atoms with Gasteiger partial charge in [-0.25, -0.2) is 9.97 Å². The normalized spacial score (nSPS) is 15.1. The molecule has 1 aromatic carbocycles. The smallest absolute Gasteiger partial charge is 0.186 e. The second kappa shape index (κ2) is 5.85. The third-order valence-corrected chi connectivity index (χ3v) is 5.36. The molecule has 0 saturated carbocycles. The van der Waals surface area contributed by atoms with E-state index in [9.17, 15) is 0 Å². The lowest BCUT2D eigenvalue weighted by molar-refractivity contribution is 0.343. The van der Waals surface area contributed by atoms with Gasteiger partial charge in [0, 0.05) is 37.9 Å². The maximum absolute atomic E-state index is 5.68. The summed E-state index contributed by atoms with van der Waals surface area (Å²) in [7, 11) is 0. The number of aryl methyl sites for hydroxylation is 1. The first-order chi connectivity index (χ1) is 11.2. The van der Waals surface area contributed by atoms with E-state index in [2.05, 4.69) is 33.6 Å². The lowest BCUT2D eigenvalue weighted by Gasteiger charge is -2.39. The molecule has 0 spiro atoms. The van der Waals surface area contributed by atoms with Crippen molar-refractivity contribution in [1.29, 1.82) is 0 Å². The zero-order valence-corrected chi connectivity index (χ0v) is 14.2. The van der Waals surface area contributed by atoms with Crippen LogP contribution in [0, 0.1) is 12.8 Å². The molecule has 5 nitrogen and oxygen atoms in total. The van der Waals surface area contributed by atoms with Gasteiger partial charge in [0.1, 0.15) is 17.1 Å². The number of thiazole rings is 1. The van der Waals surface area contributed by atoms with Crippen LogP contribution in [0.2, 0.25) is 0 Å². The van der Waals surface area contributed by atoms with E-state index in [1.807, 2.05) is 25.3 Å². The van der Waals surface area contributed by atoms with E-state index in [1.54, 1.807) is 11.3 Å². The number of ether oxygens (including phenoxy) is 1. The summed E-state index contributed by atoms with van der Waals surface area (Å²) in [6.07, 6.45) is 3.93. The van der Waals surface area contributed by atoms with Crippen LogP contribution in [0.3, 0.4) is 0 Å². The summed E-state index contributed by atoms with van der Waals surface area (Å²) in [5.41, 5.74) is 0.989. The van der Waals surface area contributed by atoms with Crippen LogP contribution in [0.25, 0.3) is 10.2 Å². The van der Waals surface area contributed by atoms with Crippen LogP contribution in [0.1, 0.15) is 12.7 Å². The Bertz CT molecular complexity index is 819. The molecule has 0 amide bonds. The molecule has 0 N–H and O–H groups in total. The zero-order valence-electron chi connectivity index (χ0n) is 13.4. The van der Waals surface area contributed by atoms with Gasteiger partial charge in [0.15, 0.2) is 5.13 Å². The van der Waals surface area contributed by atoms with E-state index < -0.39 is 0 Å². The molecule has 1 aliphatic heterocycles. The average molecular weight is 328 g/mol. The van der Waals surface area contributed by atoms with Gasteiger partial charge in [-0.2, -0.15) is 0 Å². The van der Waals surface area contributed by atoms with E-state index in [1.165, 1.54) is 4.70 Å². The highest BCUT2D eigenvalue weighted by Gasteiger charge is 2.29. The highest BCUT2D eigenvalue weighted by molar-refractivity contribution is 7.22. The Kier molecular flexibility index (Phi) is 3.69. The monoisotopic (exact) mass is 328 g/mol. The van der Waals surface area contributed by atoms with E-state index in [-0.39, 0.29) is 0 Å². The predicted octanol–water partition coefficient (Wildman–Crippen LogP) is 3.34. The first-order valence-corrected chi connectivity index (χ1v) is 8.81. The summed E-state index contributed by atoms with van der Waals surface area (Å²) in [6, 6.07) is 6.15. The molecule has 120 valence electrons. The van der Waals surface area contributed by atoms with Gasteiger partial charge >= 0.3 is 0 Å². The molecule has 6 heteroatoms. The van der Waals surface area contributed by atoms with Crippen molar-refractivity contribution >= 4 is 26.7 Å². The minimum atomic E-state index is 0.668. The zero-order chi connectivity index (χ0) is 15.8. The van der Waals surface area contributed by atoms with E-state index in [4.69, 9.17) is 9.72 Å². The highest BCUT2D eigenvalue weighted by atomic mass is 32.1. The standard InChI is InChI=1S/C17H20N4OS/c1-3-22-14-5-4-6-15-16(14)19-17(23-15)21-10-13(11-21)9-20-8-7-18-12(20)2/h4-8,13H,3,9-11H2,1-2H3. The van der Waals surface area contributed by atoms with Crippen molar-refractivity contribution in [2.45, 2.75) is 20.4 Å². The fourth-order valence-corrected chi connectivity index (χ4v) is 4.04. The van der Waals surface area contributed by atoms with Crippen molar-refractivity contribution < 1.29 is 4.74 Å². The third kappa shape index (κ3) is 2.67. The molecule has 1 fully saturated rings. The Morgan fingerprint density at radius 2 is 2.22 bits per heavy atom. The number of nitrogens with zero attached hydrogens (tertiary/aromatic N) is 4. The van der Waals surface area contributed by atoms with Gasteiger partial charge in [-0.3, -0.25) is 0 Å². The molecule has 1 saturated heterocycles. The van der Waals surface area contributed by atoms with E-state index in [0.717, 1.165) is 41.9 Å². The van der Waals surface area contributed by atoms with Crippen molar-refractivity contribution in [2.75, 3.05) is 24.6 Å². The van der Waals surface area contributed by atoms with Crippen LogP contribution < -0.4 is 9.64 Å². The van der Waals surface area contributed by atoms with Gasteiger partial charge in [-0.15, -0.1) is 0 Å². The van der Waals surface area contributed by atoms with Crippen LogP contribution in [0.5, 0.6) is 5.75 Å². The maximum Gasteiger partial charge on any atom is 0.186 e. The molecule has 0 radical (unpaired) electrons. The molecule has 0 aliphatic carbocycles. The predicted molar refractivity (Wildman–Crippen MR) is 93.5 cm³/mol. The Hall–Kier alpha value is -2.08. The number of benzene rings is 1. The number of rotatable bonds is 5. The first kappa shape index (κ1) is 14.5. The molecular formula is C17H20N4OS. The molecule has 3 aromatic rings. The number of aromatic nitrogens is 3. The van der Waals surface area contributed by atoms with Gasteiger partial charge in [-0.05, 0) is 26.0 Å². The van der Waals surface area contributed by atoms with Crippen LogP contribution in [0.4, 0.5) is 5.13 Å². The highest BCUT2D eigenvalue weighted by Crippen LogP contribution is 2.36. The minimum Gasteiger partial charge on any atom is -0.492 e. The van der Waals surface area contributed by atoms with Gasteiger partial charge in [0.05, 0.1) is 11.3 Å². The van der Waals surface area contributed by atoms with Crippen molar-refractivity contribution in [2.24, 2.45) is 5.92 Å². The summed E-state index contributed by atoms with van der Waals surface area (Å²) in [4.78, 5) is 11.4. The average Bonchev–Trinajstić information content (AvgIpc) is 3.09. The van der Waals surface area contributed by atoms with E-state index in [0.29, 0.717) is 12.5 Å². The summed E-state index contributed by atoms with van der Waals surface area (Å²) in [5, 5.41) is 1.10. The summed E-state index contributed by atoms with van der Waals surface area (Å²) in [5.74, 6) is 2.64. The van der Waals surface area contributed by atoms with Gasteiger partial charge in [0.2, 0.25) is 0 Å². The number of imidazole rings is 1. The second-order valence-corrected chi connectivity index (χ2v) is 6.94. The van der Waals surface area contributed by atoms with Crippen molar-refractivity contribution in [3.63, 3.8) is 0 Å². The summed E-state index contributed by atoms with van der Waals surface area (Å²) in [6.45, 7) is 7.88. The Balaban J connectivity index is 1.47. The van der Waals surface area contributed by atoms with Gasteiger partial charge < -0.3 is 14.2 Å². The third-order valence-electron chi connectivity index (χ3n) is 4.28. The molecule has 1 aliphatic rings. The quantitative estimate of drug-likeness (QED) is 0.720. The molecule has 0 unspecified atom stereocenters. The first-order valence-electron chi connectivity index (χ1n) is 7.99. The minimum absolute atomic E-state index is 0.668. The molecule has 3 heterocycles. The SMILES string of the molecule is CCOc1cccc2sc(N3CC(Cn4ccnc4C)C3)nc12. The largest absolute Gasteiger partial charge is 0.492 e. The van der Waals surface area contributed by atoms with Crippen LogP contribution >= 0.6 is 11.3 Å². The molecule has 0 bridgehead atoms. The van der Waals surface area contributed by atoms with Crippen LogP contribution in [0.15, 0.2) is 30.6 Å². The molecule has 0 atom stereocenters. The number of fused-ring (bicyclic) bond motifs is 1.